The Morgan fingerprint density at radius 2 is 2.48 bits per heavy atom. The van der Waals surface area contributed by atoms with Crippen molar-refractivity contribution in [2.24, 2.45) is 0 Å². The van der Waals surface area contributed by atoms with Gasteiger partial charge in [-0.2, -0.15) is 0 Å². The van der Waals surface area contributed by atoms with E-state index in [1.165, 1.54) is 11.3 Å². The molecular formula is C15H17N5O2S. The van der Waals surface area contributed by atoms with Crippen molar-refractivity contribution in [2.45, 2.75) is 12.5 Å². The second kappa shape index (κ2) is 7.30. The summed E-state index contributed by atoms with van der Waals surface area (Å²) in [5.41, 5.74) is 2.05. The number of hydrogen-bond donors (Lipinski definition) is 1. The molecule has 0 aliphatic carbocycles. The molecule has 120 valence electrons. The van der Waals surface area contributed by atoms with Crippen LogP contribution in [0.2, 0.25) is 0 Å². The first-order valence-corrected chi connectivity index (χ1v) is 8.15. The zero-order valence-corrected chi connectivity index (χ0v) is 13.3. The summed E-state index contributed by atoms with van der Waals surface area (Å²) in [5.74, 6) is 0.608. The number of hydrogen-bond acceptors (Lipinski definition) is 7. The number of anilines is 2. The van der Waals surface area contributed by atoms with E-state index < -0.39 is 0 Å². The second-order valence-electron chi connectivity index (χ2n) is 5.08. The van der Waals surface area contributed by atoms with Gasteiger partial charge in [0.15, 0.2) is 0 Å². The fourth-order valence-corrected chi connectivity index (χ4v) is 2.82. The van der Waals surface area contributed by atoms with Gasteiger partial charge in [0.1, 0.15) is 11.3 Å². The summed E-state index contributed by atoms with van der Waals surface area (Å²) in [6, 6.07) is 3.61. The zero-order chi connectivity index (χ0) is 16.1. The Labute approximate surface area is 138 Å². The van der Waals surface area contributed by atoms with E-state index in [4.69, 9.17) is 4.74 Å². The van der Waals surface area contributed by atoms with E-state index in [0.717, 1.165) is 25.3 Å². The lowest BCUT2D eigenvalue weighted by Crippen LogP contribution is -2.24. The van der Waals surface area contributed by atoms with Crippen molar-refractivity contribution in [3.05, 3.63) is 42.1 Å². The molecule has 8 heteroatoms. The van der Waals surface area contributed by atoms with Gasteiger partial charge in [0.05, 0.1) is 18.3 Å². The van der Waals surface area contributed by atoms with Gasteiger partial charge in [-0.3, -0.25) is 10.1 Å². The van der Waals surface area contributed by atoms with Crippen LogP contribution in [-0.2, 0) is 4.74 Å². The first-order valence-electron chi connectivity index (χ1n) is 7.27. The van der Waals surface area contributed by atoms with Crippen LogP contribution in [0.25, 0.3) is 0 Å². The van der Waals surface area contributed by atoms with Gasteiger partial charge in [0.2, 0.25) is 5.13 Å². The average Bonchev–Trinajstić information content (AvgIpc) is 3.24. The van der Waals surface area contributed by atoms with Crippen molar-refractivity contribution in [1.82, 2.24) is 15.2 Å². The number of aromatic nitrogens is 3. The Kier molecular flexibility index (Phi) is 4.94. The van der Waals surface area contributed by atoms with E-state index in [9.17, 15) is 4.79 Å². The predicted octanol–water partition coefficient (Wildman–Crippen LogP) is 1.97. The number of ether oxygens (including phenoxy) is 1. The molecule has 0 spiro atoms. The molecule has 1 amide bonds. The number of amides is 1. The standard InChI is InChI=1S/C15H17N5O2S/c1-2-7-22-12-5-6-20(9-12)13-4-3-11(8-16-13)14(21)18-15-19-17-10-23-15/h2-4,8,10,12H,1,5-7,9H2,(H,18,19,21). The van der Waals surface area contributed by atoms with Crippen LogP contribution < -0.4 is 10.2 Å². The van der Waals surface area contributed by atoms with Crippen LogP contribution in [0.5, 0.6) is 0 Å². The molecule has 0 radical (unpaired) electrons. The lowest BCUT2D eigenvalue weighted by molar-refractivity contribution is 0.0908. The Morgan fingerprint density at radius 1 is 1.57 bits per heavy atom. The highest BCUT2D eigenvalue weighted by Crippen LogP contribution is 2.20. The minimum absolute atomic E-state index is 0.204. The molecule has 1 unspecified atom stereocenters. The third-order valence-corrected chi connectivity index (χ3v) is 4.12. The highest BCUT2D eigenvalue weighted by atomic mass is 32.1. The maximum absolute atomic E-state index is 12.1. The van der Waals surface area contributed by atoms with E-state index >= 15 is 0 Å². The highest BCUT2D eigenvalue weighted by molar-refractivity contribution is 7.13. The van der Waals surface area contributed by atoms with Crippen molar-refractivity contribution < 1.29 is 9.53 Å². The number of carbonyl (C=O) groups excluding carboxylic acids is 1. The molecule has 3 rings (SSSR count). The Morgan fingerprint density at radius 3 is 3.17 bits per heavy atom. The topological polar surface area (TPSA) is 80.2 Å². The highest BCUT2D eigenvalue weighted by Gasteiger charge is 2.23. The summed E-state index contributed by atoms with van der Waals surface area (Å²) < 4.78 is 5.66. The van der Waals surface area contributed by atoms with Crippen molar-refractivity contribution >= 4 is 28.2 Å². The Bertz CT molecular complexity index is 659. The van der Waals surface area contributed by atoms with Crippen molar-refractivity contribution in [2.75, 3.05) is 29.9 Å². The normalized spacial score (nSPS) is 17.2. The van der Waals surface area contributed by atoms with Gasteiger partial charge < -0.3 is 9.64 Å². The van der Waals surface area contributed by atoms with Crippen LogP contribution in [0.3, 0.4) is 0 Å². The SMILES string of the molecule is C=CCOC1CCN(c2ccc(C(=O)Nc3nncs3)cn2)C1. The third-order valence-electron chi connectivity index (χ3n) is 3.51. The molecule has 1 aliphatic heterocycles. The van der Waals surface area contributed by atoms with E-state index in [1.54, 1.807) is 23.8 Å². The van der Waals surface area contributed by atoms with Gasteiger partial charge in [0.25, 0.3) is 5.91 Å². The number of nitrogens with one attached hydrogen (secondary N) is 1. The smallest absolute Gasteiger partial charge is 0.259 e. The number of nitrogens with zero attached hydrogens (tertiary/aromatic N) is 4. The summed E-state index contributed by atoms with van der Waals surface area (Å²) in [7, 11) is 0. The van der Waals surface area contributed by atoms with E-state index in [1.807, 2.05) is 6.07 Å². The van der Waals surface area contributed by atoms with Gasteiger partial charge in [-0.1, -0.05) is 17.4 Å². The van der Waals surface area contributed by atoms with Crippen molar-refractivity contribution in [3.63, 3.8) is 0 Å². The third kappa shape index (κ3) is 3.91. The molecule has 3 heterocycles. The summed E-state index contributed by atoms with van der Waals surface area (Å²) in [4.78, 5) is 18.6. The molecule has 1 N–H and O–H groups in total. The van der Waals surface area contributed by atoms with Gasteiger partial charge in [-0.05, 0) is 18.6 Å². The molecule has 7 nitrogen and oxygen atoms in total. The Balaban J connectivity index is 1.59. The van der Waals surface area contributed by atoms with Gasteiger partial charge >= 0.3 is 0 Å². The van der Waals surface area contributed by atoms with Crippen molar-refractivity contribution in [1.29, 1.82) is 0 Å². The van der Waals surface area contributed by atoms with Crippen LogP contribution in [-0.4, -0.2) is 46.9 Å². The molecule has 0 bridgehead atoms. The van der Waals surface area contributed by atoms with Crippen LogP contribution in [0, 0.1) is 0 Å². The minimum Gasteiger partial charge on any atom is -0.372 e. The lowest BCUT2D eigenvalue weighted by Gasteiger charge is -2.17. The van der Waals surface area contributed by atoms with Gasteiger partial charge in [-0.25, -0.2) is 4.98 Å². The molecule has 23 heavy (non-hydrogen) atoms. The summed E-state index contributed by atoms with van der Waals surface area (Å²) in [6.07, 6.45) is 4.50. The monoisotopic (exact) mass is 331 g/mol. The van der Waals surface area contributed by atoms with Gasteiger partial charge in [-0.15, -0.1) is 16.8 Å². The number of carbonyl (C=O) groups is 1. The van der Waals surface area contributed by atoms with E-state index in [2.05, 4.69) is 32.0 Å². The largest absolute Gasteiger partial charge is 0.372 e. The molecule has 2 aromatic rings. The first kappa shape index (κ1) is 15.6. The molecule has 1 fully saturated rings. The van der Waals surface area contributed by atoms with Crippen molar-refractivity contribution in [3.8, 4) is 0 Å². The van der Waals surface area contributed by atoms with E-state index in [0.29, 0.717) is 17.3 Å². The molecule has 1 aliphatic rings. The maximum Gasteiger partial charge on any atom is 0.259 e. The summed E-state index contributed by atoms with van der Waals surface area (Å²) >= 11 is 1.27. The lowest BCUT2D eigenvalue weighted by atomic mass is 10.2. The second-order valence-corrected chi connectivity index (χ2v) is 5.92. The zero-order valence-electron chi connectivity index (χ0n) is 12.5. The molecular weight excluding hydrogens is 314 g/mol. The first-order chi connectivity index (χ1) is 11.3. The summed E-state index contributed by atoms with van der Waals surface area (Å²) in [5, 5.41) is 10.6. The molecule has 1 atom stereocenters. The minimum atomic E-state index is -0.241. The molecule has 1 saturated heterocycles. The van der Waals surface area contributed by atoms with Crippen LogP contribution >= 0.6 is 11.3 Å². The fraction of sp³-hybridized carbons (Fsp3) is 0.333. The average molecular weight is 331 g/mol. The number of rotatable bonds is 6. The van der Waals surface area contributed by atoms with Gasteiger partial charge in [0, 0.05) is 19.3 Å². The number of pyridine rings is 1. The quantitative estimate of drug-likeness (QED) is 0.815. The molecule has 0 aromatic carbocycles. The molecule has 0 saturated carbocycles. The summed E-state index contributed by atoms with van der Waals surface area (Å²) in [6.45, 7) is 5.92. The maximum atomic E-state index is 12.1. The van der Waals surface area contributed by atoms with Crippen LogP contribution in [0.1, 0.15) is 16.8 Å². The fourth-order valence-electron chi connectivity index (χ4n) is 2.38. The Hall–Kier alpha value is -2.32. The van der Waals surface area contributed by atoms with E-state index in [-0.39, 0.29) is 12.0 Å². The molecule has 2 aromatic heterocycles. The van der Waals surface area contributed by atoms with Crippen LogP contribution in [0.15, 0.2) is 36.5 Å². The van der Waals surface area contributed by atoms with Crippen LogP contribution in [0.4, 0.5) is 10.9 Å². The predicted molar refractivity (Wildman–Crippen MR) is 88.9 cm³/mol.